The standard InChI is InChI=1S/C6H5N2O/c9-5-8-6-1-3-7-4-2-6/h1-4H,(H,7,8,9)/q+1. The number of aromatic nitrogens is 1. The molecule has 0 aliphatic carbocycles. The molecular weight excluding hydrogens is 116 g/mol. The first kappa shape index (κ1) is 5.66. The van der Waals surface area contributed by atoms with E-state index in [4.69, 9.17) is 0 Å². The smallest absolute Gasteiger partial charge is 0.261 e. The van der Waals surface area contributed by atoms with Gasteiger partial charge in [-0.05, 0) is 0 Å². The minimum atomic E-state index is 0.708. The highest BCUT2D eigenvalue weighted by atomic mass is 16.1. The molecule has 1 amide bonds. The normalized spacial score (nSPS) is 8.00. The predicted molar refractivity (Wildman–Crippen MR) is 33.6 cm³/mol. The Morgan fingerprint density at radius 3 is 2.67 bits per heavy atom. The SMILES string of the molecule is O=[C+]Nc1ccncc1. The molecule has 1 aromatic rings. The zero-order chi connectivity index (χ0) is 6.53. The maximum absolute atomic E-state index is 9.72. The highest BCUT2D eigenvalue weighted by Gasteiger charge is 1.95. The summed E-state index contributed by atoms with van der Waals surface area (Å²) in [7, 11) is 0. The summed E-state index contributed by atoms with van der Waals surface area (Å²) in [5, 5.41) is 2.36. The third-order valence-electron chi connectivity index (χ3n) is 0.876. The first-order valence-corrected chi connectivity index (χ1v) is 2.46. The van der Waals surface area contributed by atoms with E-state index in [1.165, 1.54) is 0 Å². The van der Waals surface area contributed by atoms with Gasteiger partial charge in [0.15, 0.2) is 5.69 Å². The maximum Gasteiger partial charge on any atom is 0.458 e. The lowest BCUT2D eigenvalue weighted by molar-refractivity contribution is 0.561. The van der Waals surface area contributed by atoms with Crippen LogP contribution in [0.4, 0.5) is 5.69 Å². The fourth-order valence-corrected chi connectivity index (χ4v) is 0.494. The highest BCUT2D eigenvalue weighted by Crippen LogP contribution is 1.99. The fourth-order valence-electron chi connectivity index (χ4n) is 0.494. The molecule has 0 aliphatic rings. The minimum absolute atomic E-state index is 0.708. The van der Waals surface area contributed by atoms with Crippen LogP contribution in [0.5, 0.6) is 0 Å². The number of nitrogens with zero attached hydrogens (tertiary/aromatic N) is 1. The van der Waals surface area contributed by atoms with Crippen LogP contribution in [0.3, 0.4) is 0 Å². The largest absolute Gasteiger partial charge is 0.458 e. The maximum atomic E-state index is 9.72. The summed E-state index contributed by atoms with van der Waals surface area (Å²) in [6, 6.07) is 3.37. The summed E-state index contributed by atoms with van der Waals surface area (Å²) in [5.74, 6) is 0. The molecule has 0 bridgehead atoms. The number of carbonyl (C=O) groups excluding carboxylic acids is 1. The Morgan fingerprint density at radius 1 is 1.44 bits per heavy atom. The third-order valence-corrected chi connectivity index (χ3v) is 0.876. The molecule has 0 saturated heterocycles. The van der Waals surface area contributed by atoms with Gasteiger partial charge in [-0.2, -0.15) is 0 Å². The van der Waals surface area contributed by atoms with Crippen molar-refractivity contribution in [3.63, 3.8) is 0 Å². The number of hydrogen-bond donors (Lipinski definition) is 1. The molecule has 0 radical (unpaired) electrons. The Kier molecular flexibility index (Phi) is 1.73. The van der Waals surface area contributed by atoms with Crippen molar-refractivity contribution in [2.24, 2.45) is 0 Å². The molecule has 0 fully saturated rings. The molecule has 0 aromatic carbocycles. The van der Waals surface area contributed by atoms with Crippen LogP contribution in [0.15, 0.2) is 24.5 Å². The zero-order valence-corrected chi connectivity index (χ0v) is 4.66. The van der Waals surface area contributed by atoms with Gasteiger partial charge in [-0.25, -0.2) is 0 Å². The van der Waals surface area contributed by atoms with E-state index in [0.29, 0.717) is 5.69 Å². The van der Waals surface area contributed by atoms with Crippen LogP contribution in [0, 0.1) is 0 Å². The van der Waals surface area contributed by atoms with Gasteiger partial charge in [-0.1, -0.05) is 4.79 Å². The second kappa shape index (κ2) is 2.74. The Morgan fingerprint density at radius 2 is 2.11 bits per heavy atom. The highest BCUT2D eigenvalue weighted by molar-refractivity contribution is 5.71. The summed E-state index contributed by atoms with van der Waals surface area (Å²) in [4.78, 5) is 13.5. The molecule has 9 heavy (non-hydrogen) atoms. The lowest BCUT2D eigenvalue weighted by atomic mass is 10.4. The van der Waals surface area contributed by atoms with Crippen LogP contribution in [0.1, 0.15) is 0 Å². The molecule has 1 N–H and O–H groups in total. The number of anilines is 1. The Hall–Kier alpha value is -1.47. The minimum Gasteiger partial charge on any atom is -0.261 e. The van der Waals surface area contributed by atoms with E-state index >= 15 is 0 Å². The molecule has 0 atom stereocenters. The summed E-state index contributed by atoms with van der Waals surface area (Å²) in [6.07, 6.45) is 4.75. The molecular formula is C6H5N2O+. The van der Waals surface area contributed by atoms with Crippen molar-refractivity contribution in [1.29, 1.82) is 0 Å². The molecule has 3 heteroatoms. The van der Waals surface area contributed by atoms with Crippen LogP contribution in [-0.2, 0) is 4.79 Å². The zero-order valence-electron chi connectivity index (χ0n) is 4.66. The van der Waals surface area contributed by atoms with E-state index in [2.05, 4.69) is 10.3 Å². The van der Waals surface area contributed by atoms with Crippen LogP contribution >= 0.6 is 0 Å². The molecule has 1 rings (SSSR count). The van der Waals surface area contributed by atoms with E-state index < -0.39 is 0 Å². The van der Waals surface area contributed by atoms with Gasteiger partial charge in [0.1, 0.15) is 0 Å². The Labute approximate surface area is 52.7 Å². The Bertz CT molecular complexity index is 186. The average Bonchev–Trinajstić information content (AvgIpc) is 1.91. The van der Waals surface area contributed by atoms with Crippen LogP contribution in [0.25, 0.3) is 0 Å². The number of rotatable bonds is 2. The van der Waals surface area contributed by atoms with Crippen molar-refractivity contribution < 1.29 is 4.79 Å². The van der Waals surface area contributed by atoms with Gasteiger partial charge in [-0.15, -0.1) is 5.32 Å². The topological polar surface area (TPSA) is 42.0 Å². The summed E-state index contributed by atoms with van der Waals surface area (Å²) >= 11 is 0. The van der Waals surface area contributed by atoms with Crippen molar-refractivity contribution in [3.8, 4) is 0 Å². The molecule has 1 aromatic heterocycles. The van der Waals surface area contributed by atoms with Crippen molar-refractivity contribution in [1.82, 2.24) is 4.98 Å². The second-order valence-corrected chi connectivity index (χ2v) is 1.46. The quantitative estimate of drug-likeness (QED) is 0.459. The third kappa shape index (κ3) is 1.48. The fraction of sp³-hybridized carbons (Fsp3) is 0. The van der Waals surface area contributed by atoms with Crippen molar-refractivity contribution in [2.75, 3.05) is 5.32 Å². The first-order valence-electron chi connectivity index (χ1n) is 2.46. The van der Waals surface area contributed by atoms with Gasteiger partial charge in [0, 0.05) is 12.4 Å². The monoisotopic (exact) mass is 121 g/mol. The molecule has 0 spiro atoms. The lowest BCUT2D eigenvalue weighted by Gasteiger charge is -1.80. The van der Waals surface area contributed by atoms with Crippen LogP contribution < -0.4 is 5.32 Å². The summed E-state index contributed by atoms with van der Waals surface area (Å²) in [5.41, 5.74) is 0.708. The van der Waals surface area contributed by atoms with E-state index in [0.717, 1.165) is 0 Å². The van der Waals surface area contributed by atoms with Crippen LogP contribution in [-0.4, -0.2) is 11.4 Å². The van der Waals surface area contributed by atoms with Crippen molar-refractivity contribution >= 4 is 12.1 Å². The number of nitrogens with one attached hydrogen (secondary N) is 1. The predicted octanol–water partition coefficient (Wildman–Crippen LogP) is 0.561. The van der Waals surface area contributed by atoms with Gasteiger partial charge in [0.05, 0.1) is 12.1 Å². The Balaban J connectivity index is 2.72. The number of hydrogen-bond acceptors (Lipinski definition) is 2. The van der Waals surface area contributed by atoms with Gasteiger partial charge in [0.2, 0.25) is 0 Å². The summed E-state index contributed by atoms with van der Waals surface area (Å²) < 4.78 is 0. The van der Waals surface area contributed by atoms with E-state index in [1.807, 2.05) is 0 Å². The molecule has 3 nitrogen and oxygen atoms in total. The van der Waals surface area contributed by atoms with Crippen LogP contribution in [0.2, 0.25) is 0 Å². The number of pyridine rings is 1. The van der Waals surface area contributed by atoms with Crippen molar-refractivity contribution in [2.45, 2.75) is 0 Å². The summed E-state index contributed by atoms with van der Waals surface area (Å²) in [6.45, 7) is 0. The first-order chi connectivity index (χ1) is 4.43. The number of amides is 1. The van der Waals surface area contributed by atoms with Gasteiger partial charge >= 0.3 is 6.41 Å². The lowest BCUT2D eigenvalue weighted by Crippen LogP contribution is -1.92. The van der Waals surface area contributed by atoms with Gasteiger partial charge in [-0.3, -0.25) is 4.98 Å². The second-order valence-electron chi connectivity index (χ2n) is 1.46. The molecule has 1 heterocycles. The van der Waals surface area contributed by atoms with E-state index in [9.17, 15) is 4.79 Å². The average molecular weight is 121 g/mol. The van der Waals surface area contributed by atoms with Gasteiger partial charge < -0.3 is 0 Å². The van der Waals surface area contributed by atoms with Gasteiger partial charge in [0.25, 0.3) is 0 Å². The van der Waals surface area contributed by atoms with E-state index in [1.54, 1.807) is 30.9 Å². The molecule has 44 valence electrons. The molecule has 0 unspecified atom stereocenters. The van der Waals surface area contributed by atoms with E-state index in [-0.39, 0.29) is 0 Å². The van der Waals surface area contributed by atoms with Crippen molar-refractivity contribution in [3.05, 3.63) is 24.5 Å². The molecule has 0 aliphatic heterocycles. The molecule has 0 saturated carbocycles.